The number of aromatic nitrogens is 4. The lowest BCUT2D eigenvalue weighted by atomic mass is 10.1. The fourth-order valence-electron chi connectivity index (χ4n) is 3.90. The number of benzene rings is 3. The summed E-state index contributed by atoms with van der Waals surface area (Å²) in [6, 6.07) is 26.6. The predicted octanol–water partition coefficient (Wildman–Crippen LogP) is 5.71. The summed E-state index contributed by atoms with van der Waals surface area (Å²) in [5, 5.41) is 7.03. The number of hydrogen-bond acceptors (Lipinski definition) is 9. The van der Waals surface area contributed by atoms with Gasteiger partial charge in [-0.15, -0.1) is 11.3 Å². The van der Waals surface area contributed by atoms with Crippen LogP contribution in [0.15, 0.2) is 118 Å². The number of nitrogens with zero attached hydrogens (tertiary/aromatic N) is 4. The maximum Gasteiger partial charge on any atom is 0.266 e. The normalized spacial score (nSPS) is 11.3. The molecular weight excluding hydrogens is 546 g/mol. The van der Waals surface area contributed by atoms with Gasteiger partial charge in [0, 0.05) is 40.0 Å². The van der Waals surface area contributed by atoms with E-state index in [0.29, 0.717) is 11.4 Å². The second-order valence-electron chi connectivity index (χ2n) is 8.61. The molecule has 0 fully saturated rings. The molecule has 6 rings (SSSR count). The Morgan fingerprint density at radius 3 is 2.35 bits per heavy atom. The topological polar surface area (TPSA) is 128 Å². The zero-order valence-corrected chi connectivity index (χ0v) is 22.3. The monoisotopic (exact) mass is 565 g/mol. The van der Waals surface area contributed by atoms with E-state index >= 15 is 0 Å². The zero-order chi connectivity index (χ0) is 27.5. The second-order valence-corrected chi connectivity index (χ2v) is 11.1. The van der Waals surface area contributed by atoms with E-state index in [0.717, 1.165) is 27.4 Å². The fraction of sp³-hybridized carbons (Fsp3) is 0. The van der Waals surface area contributed by atoms with Crippen LogP contribution >= 0.6 is 11.3 Å². The molecule has 0 bridgehead atoms. The standard InChI is InChI=1S/C29H19N5O4S2/c35-27(23-9-5-15-30-17-23)34-40(36,37)24-10-4-8-22(16-24)28-32-26(33-38-28)20-13-11-19(12-14-20)25-18-39-29(31-25)21-6-2-1-3-7-21/h1-18H,(H,34,35). The molecule has 0 aliphatic rings. The number of carbonyl (C=O) groups excluding carboxylic acids is 1. The summed E-state index contributed by atoms with van der Waals surface area (Å²) in [6.07, 6.45) is 2.77. The highest BCUT2D eigenvalue weighted by Crippen LogP contribution is 2.30. The molecule has 11 heteroatoms. The number of pyridine rings is 1. The van der Waals surface area contributed by atoms with E-state index in [4.69, 9.17) is 9.51 Å². The van der Waals surface area contributed by atoms with Gasteiger partial charge < -0.3 is 4.52 Å². The zero-order valence-electron chi connectivity index (χ0n) is 20.6. The van der Waals surface area contributed by atoms with Gasteiger partial charge in [0.2, 0.25) is 5.82 Å². The van der Waals surface area contributed by atoms with E-state index in [1.807, 2.05) is 60.0 Å². The van der Waals surface area contributed by atoms with Crippen molar-refractivity contribution in [2.75, 3.05) is 0 Å². The Labute approximate surface area is 233 Å². The van der Waals surface area contributed by atoms with Gasteiger partial charge >= 0.3 is 0 Å². The molecule has 0 aliphatic heterocycles. The maximum absolute atomic E-state index is 12.8. The summed E-state index contributed by atoms with van der Waals surface area (Å²) in [6.45, 7) is 0. The third-order valence-corrected chi connectivity index (χ3v) is 8.15. The summed E-state index contributed by atoms with van der Waals surface area (Å²) in [4.78, 5) is 25.3. The summed E-state index contributed by atoms with van der Waals surface area (Å²) in [7, 11) is -4.15. The number of amides is 1. The number of sulfonamides is 1. The van der Waals surface area contributed by atoms with E-state index in [1.165, 1.54) is 36.7 Å². The Morgan fingerprint density at radius 1 is 0.800 bits per heavy atom. The predicted molar refractivity (Wildman–Crippen MR) is 151 cm³/mol. The lowest BCUT2D eigenvalue weighted by molar-refractivity contribution is 0.0981. The molecule has 3 aromatic heterocycles. The Balaban J connectivity index is 1.19. The molecule has 1 amide bonds. The minimum Gasteiger partial charge on any atom is -0.334 e. The lowest BCUT2D eigenvalue weighted by Gasteiger charge is -2.07. The largest absolute Gasteiger partial charge is 0.334 e. The first kappa shape index (κ1) is 25.3. The molecule has 0 saturated carbocycles. The van der Waals surface area contributed by atoms with Gasteiger partial charge in [0.05, 0.1) is 16.2 Å². The average Bonchev–Trinajstić information content (AvgIpc) is 3.69. The Bertz CT molecular complexity index is 1900. The van der Waals surface area contributed by atoms with Crippen molar-refractivity contribution in [1.82, 2.24) is 24.8 Å². The van der Waals surface area contributed by atoms with Crippen LogP contribution in [-0.4, -0.2) is 34.4 Å². The summed E-state index contributed by atoms with van der Waals surface area (Å²) in [5.74, 6) is -0.291. The van der Waals surface area contributed by atoms with Crippen molar-refractivity contribution in [2.24, 2.45) is 0 Å². The molecule has 0 aliphatic carbocycles. The highest BCUT2D eigenvalue weighted by molar-refractivity contribution is 7.90. The lowest BCUT2D eigenvalue weighted by Crippen LogP contribution is -2.30. The minimum atomic E-state index is -4.15. The van der Waals surface area contributed by atoms with Gasteiger partial charge in [0.25, 0.3) is 21.8 Å². The van der Waals surface area contributed by atoms with Gasteiger partial charge in [-0.2, -0.15) is 4.98 Å². The third-order valence-electron chi connectivity index (χ3n) is 5.93. The van der Waals surface area contributed by atoms with Crippen molar-refractivity contribution in [3.63, 3.8) is 0 Å². The van der Waals surface area contributed by atoms with Gasteiger partial charge in [0.1, 0.15) is 5.01 Å². The third kappa shape index (κ3) is 5.28. The number of thiazole rings is 1. The number of nitrogens with one attached hydrogen (secondary N) is 1. The van der Waals surface area contributed by atoms with Gasteiger partial charge in [-0.3, -0.25) is 9.78 Å². The number of hydrogen-bond donors (Lipinski definition) is 1. The van der Waals surface area contributed by atoms with Gasteiger partial charge in [-0.1, -0.05) is 65.8 Å². The van der Waals surface area contributed by atoms with Gasteiger partial charge in [-0.25, -0.2) is 18.1 Å². The van der Waals surface area contributed by atoms with E-state index in [1.54, 1.807) is 23.5 Å². The smallest absolute Gasteiger partial charge is 0.266 e. The number of carbonyl (C=O) groups is 1. The summed E-state index contributed by atoms with van der Waals surface area (Å²) in [5.41, 5.74) is 4.14. The molecule has 9 nitrogen and oxygen atoms in total. The summed E-state index contributed by atoms with van der Waals surface area (Å²) < 4.78 is 33.1. The van der Waals surface area contributed by atoms with Gasteiger partial charge in [-0.05, 0) is 30.3 Å². The van der Waals surface area contributed by atoms with Crippen molar-refractivity contribution >= 4 is 27.3 Å². The van der Waals surface area contributed by atoms with Crippen LogP contribution in [0.2, 0.25) is 0 Å². The van der Waals surface area contributed by atoms with Crippen molar-refractivity contribution < 1.29 is 17.7 Å². The molecular formula is C29H19N5O4S2. The molecule has 0 unspecified atom stereocenters. The Hall–Kier alpha value is -5.00. The van der Waals surface area contributed by atoms with E-state index < -0.39 is 15.9 Å². The van der Waals surface area contributed by atoms with Crippen LogP contribution in [0.1, 0.15) is 10.4 Å². The van der Waals surface area contributed by atoms with Crippen LogP contribution < -0.4 is 4.72 Å². The molecule has 196 valence electrons. The quantitative estimate of drug-likeness (QED) is 0.261. The maximum atomic E-state index is 12.8. The van der Waals surface area contributed by atoms with Crippen molar-refractivity contribution in [3.05, 3.63) is 114 Å². The first-order valence-electron chi connectivity index (χ1n) is 12.0. The van der Waals surface area contributed by atoms with Crippen LogP contribution in [0.3, 0.4) is 0 Å². The van der Waals surface area contributed by atoms with Crippen LogP contribution in [-0.2, 0) is 10.0 Å². The van der Waals surface area contributed by atoms with Gasteiger partial charge in [0.15, 0.2) is 0 Å². The van der Waals surface area contributed by atoms with Crippen LogP contribution in [0.4, 0.5) is 0 Å². The highest BCUT2D eigenvalue weighted by atomic mass is 32.2. The van der Waals surface area contributed by atoms with E-state index in [9.17, 15) is 13.2 Å². The van der Waals surface area contributed by atoms with Crippen LogP contribution in [0.5, 0.6) is 0 Å². The first-order valence-corrected chi connectivity index (χ1v) is 14.4. The molecule has 0 saturated heterocycles. The molecule has 1 N–H and O–H groups in total. The Morgan fingerprint density at radius 2 is 1.57 bits per heavy atom. The summed E-state index contributed by atoms with van der Waals surface area (Å²) >= 11 is 1.58. The molecule has 6 aromatic rings. The average molecular weight is 566 g/mol. The molecule has 0 spiro atoms. The Kier molecular flexibility index (Phi) is 6.72. The molecule has 3 aromatic carbocycles. The van der Waals surface area contributed by atoms with E-state index in [-0.39, 0.29) is 16.3 Å². The molecule has 0 atom stereocenters. The SMILES string of the molecule is O=C(NS(=O)(=O)c1cccc(-c2nc(-c3ccc(-c4csc(-c5ccccc5)n4)cc3)no2)c1)c1cccnc1. The number of rotatable bonds is 7. The molecule has 40 heavy (non-hydrogen) atoms. The van der Waals surface area contributed by atoms with Crippen LogP contribution in [0.25, 0.3) is 44.7 Å². The van der Waals surface area contributed by atoms with E-state index in [2.05, 4.69) is 19.8 Å². The second kappa shape index (κ2) is 10.6. The highest BCUT2D eigenvalue weighted by Gasteiger charge is 2.21. The molecule has 0 radical (unpaired) electrons. The minimum absolute atomic E-state index is 0.121. The molecule has 3 heterocycles. The van der Waals surface area contributed by atoms with Crippen molar-refractivity contribution in [3.8, 4) is 44.7 Å². The van der Waals surface area contributed by atoms with Crippen molar-refractivity contribution in [1.29, 1.82) is 0 Å². The van der Waals surface area contributed by atoms with Crippen molar-refractivity contribution in [2.45, 2.75) is 4.90 Å². The van der Waals surface area contributed by atoms with Crippen LogP contribution in [0, 0.1) is 0 Å². The fourth-order valence-corrected chi connectivity index (χ4v) is 5.76. The first-order chi connectivity index (χ1) is 19.5.